The zero-order valence-corrected chi connectivity index (χ0v) is 24.5. The molecule has 0 unspecified atom stereocenters. The normalized spacial score (nSPS) is 13.0. The Morgan fingerprint density at radius 2 is 0.795 bits per heavy atom. The second-order valence-electron chi connectivity index (χ2n) is 10.7. The standard InChI is InChI=1S/C36H36N2O6/c39-35(43-23-33-29-13-5-1-9-25(29)26-10-2-6-14-30(26)33)37-17-19-41-21-22-42-20-18-38-36(40)44-24-34-31-15-7-3-11-27(31)28-12-4-8-16-32(28)34/h1-16,33-34H,17-24H2,(H,37,39)(H,38,40). The maximum Gasteiger partial charge on any atom is 0.407 e. The van der Waals surface area contributed by atoms with Gasteiger partial charge in [0.1, 0.15) is 13.2 Å². The zero-order valence-electron chi connectivity index (χ0n) is 24.5. The van der Waals surface area contributed by atoms with Crippen LogP contribution in [0.3, 0.4) is 0 Å². The summed E-state index contributed by atoms with van der Waals surface area (Å²) in [5, 5.41) is 5.47. The lowest BCUT2D eigenvalue weighted by Gasteiger charge is -2.15. The molecule has 6 rings (SSSR count). The fraction of sp³-hybridized carbons (Fsp3) is 0.278. The molecule has 2 aliphatic carbocycles. The molecule has 8 heteroatoms. The van der Waals surface area contributed by atoms with Crippen LogP contribution in [0.25, 0.3) is 22.3 Å². The summed E-state index contributed by atoms with van der Waals surface area (Å²) in [6.07, 6.45) is -0.933. The lowest BCUT2D eigenvalue weighted by Crippen LogP contribution is -2.30. The summed E-state index contributed by atoms with van der Waals surface area (Å²) in [5.74, 6) is 0.0559. The van der Waals surface area contributed by atoms with Crippen LogP contribution in [0.15, 0.2) is 97.1 Å². The number of nitrogens with one attached hydrogen (secondary N) is 2. The molecule has 2 N–H and O–H groups in total. The number of fused-ring (bicyclic) bond motifs is 6. The van der Waals surface area contributed by atoms with Gasteiger partial charge in [-0.3, -0.25) is 0 Å². The third-order valence-corrected chi connectivity index (χ3v) is 8.09. The van der Waals surface area contributed by atoms with Gasteiger partial charge in [-0.2, -0.15) is 0 Å². The van der Waals surface area contributed by atoms with Gasteiger partial charge >= 0.3 is 12.2 Å². The predicted octanol–water partition coefficient (Wildman–Crippen LogP) is 6.10. The molecule has 0 saturated carbocycles. The van der Waals surface area contributed by atoms with Crippen LogP contribution < -0.4 is 10.6 Å². The van der Waals surface area contributed by atoms with Gasteiger partial charge in [-0.15, -0.1) is 0 Å². The van der Waals surface area contributed by atoms with Gasteiger partial charge in [-0.1, -0.05) is 97.1 Å². The van der Waals surface area contributed by atoms with E-state index in [4.69, 9.17) is 18.9 Å². The minimum absolute atomic E-state index is 0.0280. The monoisotopic (exact) mass is 592 g/mol. The van der Waals surface area contributed by atoms with E-state index in [9.17, 15) is 9.59 Å². The van der Waals surface area contributed by atoms with E-state index in [1.807, 2.05) is 48.5 Å². The van der Waals surface area contributed by atoms with Crippen LogP contribution in [0.2, 0.25) is 0 Å². The van der Waals surface area contributed by atoms with Gasteiger partial charge in [-0.05, 0) is 44.5 Å². The number of hydrogen-bond acceptors (Lipinski definition) is 6. The van der Waals surface area contributed by atoms with Crippen molar-refractivity contribution in [2.45, 2.75) is 11.8 Å². The SMILES string of the molecule is O=C(NCCOCCOCCNC(=O)OCC1c2ccccc2-c2ccccc21)OCC1c2ccccc2-c2ccccc21. The van der Waals surface area contributed by atoms with E-state index in [2.05, 4.69) is 59.2 Å². The molecule has 8 nitrogen and oxygen atoms in total. The average Bonchev–Trinajstić information content (AvgIpc) is 3.56. The van der Waals surface area contributed by atoms with Crippen molar-refractivity contribution >= 4 is 12.2 Å². The van der Waals surface area contributed by atoms with E-state index in [0.717, 1.165) is 0 Å². The Kier molecular flexibility index (Phi) is 9.50. The number of hydrogen-bond donors (Lipinski definition) is 2. The second kappa shape index (κ2) is 14.2. The van der Waals surface area contributed by atoms with Crippen molar-refractivity contribution < 1.29 is 28.5 Å². The molecule has 2 amide bonds. The van der Waals surface area contributed by atoms with Crippen molar-refractivity contribution in [1.82, 2.24) is 10.6 Å². The Bertz CT molecular complexity index is 1400. The Morgan fingerprint density at radius 3 is 1.14 bits per heavy atom. The maximum atomic E-state index is 12.3. The molecule has 4 aromatic rings. The molecule has 0 fully saturated rings. The van der Waals surface area contributed by atoms with E-state index in [-0.39, 0.29) is 25.0 Å². The number of carbonyl (C=O) groups is 2. The summed E-state index contributed by atoms with van der Waals surface area (Å²) < 4.78 is 22.1. The van der Waals surface area contributed by atoms with Gasteiger partial charge in [0.2, 0.25) is 0 Å². The largest absolute Gasteiger partial charge is 0.449 e. The molecule has 0 heterocycles. The molecular formula is C36H36N2O6. The number of ether oxygens (including phenoxy) is 4. The minimum Gasteiger partial charge on any atom is -0.449 e. The van der Waals surface area contributed by atoms with Crippen LogP contribution in [-0.4, -0.2) is 64.9 Å². The van der Waals surface area contributed by atoms with E-state index in [1.165, 1.54) is 44.5 Å². The van der Waals surface area contributed by atoms with Gasteiger partial charge in [0.05, 0.1) is 26.4 Å². The Morgan fingerprint density at radius 1 is 0.477 bits per heavy atom. The highest BCUT2D eigenvalue weighted by Gasteiger charge is 2.30. The first kappa shape index (κ1) is 29.4. The van der Waals surface area contributed by atoms with E-state index in [1.54, 1.807) is 0 Å². The summed E-state index contributed by atoms with van der Waals surface area (Å²) in [5.41, 5.74) is 9.50. The minimum atomic E-state index is -0.467. The fourth-order valence-corrected chi connectivity index (χ4v) is 6.07. The fourth-order valence-electron chi connectivity index (χ4n) is 6.07. The van der Waals surface area contributed by atoms with E-state index >= 15 is 0 Å². The zero-order chi connectivity index (χ0) is 30.1. The van der Waals surface area contributed by atoms with Crippen LogP contribution in [0.1, 0.15) is 34.1 Å². The number of carbonyl (C=O) groups excluding carboxylic acids is 2. The summed E-state index contributed by atoms with van der Waals surface area (Å²) >= 11 is 0. The Hall–Kier alpha value is -4.66. The highest BCUT2D eigenvalue weighted by atomic mass is 16.6. The van der Waals surface area contributed by atoms with Gasteiger partial charge in [-0.25, -0.2) is 9.59 Å². The van der Waals surface area contributed by atoms with Crippen molar-refractivity contribution in [3.63, 3.8) is 0 Å². The molecule has 4 aromatic carbocycles. The highest BCUT2D eigenvalue weighted by Crippen LogP contribution is 2.45. The molecular weight excluding hydrogens is 556 g/mol. The highest BCUT2D eigenvalue weighted by molar-refractivity contribution is 5.80. The van der Waals surface area contributed by atoms with Gasteiger partial charge in [0.25, 0.3) is 0 Å². The van der Waals surface area contributed by atoms with Crippen molar-refractivity contribution in [1.29, 1.82) is 0 Å². The maximum absolute atomic E-state index is 12.3. The lowest BCUT2D eigenvalue weighted by molar-refractivity contribution is 0.0487. The van der Waals surface area contributed by atoms with E-state index in [0.29, 0.717) is 39.5 Å². The number of alkyl carbamates (subject to hydrolysis) is 2. The summed E-state index contributed by atoms with van der Waals surface area (Å²) in [6.45, 7) is 2.64. The third kappa shape index (κ3) is 6.61. The van der Waals surface area contributed by atoms with Crippen LogP contribution in [0.4, 0.5) is 9.59 Å². The molecule has 0 radical (unpaired) electrons. The van der Waals surface area contributed by atoms with Crippen molar-refractivity contribution in [2.24, 2.45) is 0 Å². The van der Waals surface area contributed by atoms with Crippen molar-refractivity contribution in [3.8, 4) is 22.3 Å². The van der Waals surface area contributed by atoms with Crippen LogP contribution in [-0.2, 0) is 18.9 Å². The quantitative estimate of drug-likeness (QED) is 0.182. The van der Waals surface area contributed by atoms with Gasteiger partial charge in [0, 0.05) is 24.9 Å². The number of amides is 2. The Balaban J connectivity index is 0.799. The molecule has 0 spiro atoms. The van der Waals surface area contributed by atoms with Gasteiger partial charge in [0.15, 0.2) is 0 Å². The first-order chi connectivity index (χ1) is 21.7. The molecule has 0 aromatic heterocycles. The Labute approximate surface area is 257 Å². The average molecular weight is 593 g/mol. The number of benzene rings is 4. The molecule has 0 aliphatic heterocycles. The van der Waals surface area contributed by atoms with Crippen LogP contribution >= 0.6 is 0 Å². The van der Waals surface area contributed by atoms with Crippen molar-refractivity contribution in [3.05, 3.63) is 119 Å². The smallest absolute Gasteiger partial charge is 0.407 e. The van der Waals surface area contributed by atoms with Gasteiger partial charge < -0.3 is 29.6 Å². The topological polar surface area (TPSA) is 95.1 Å². The van der Waals surface area contributed by atoms with Crippen LogP contribution in [0, 0.1) is 0 Å². The van der Waals surface area contributed by atoms with Crippen molar-refractivity contribution in [2.75, 3.05) is 52.7 Å². The first-order valence-electron chi connectivity index (χ1n) is 15.0. The summed E-state index contributed by atoms with van der Waals surface area (Å²) in [4.78, 5) is 24.5. The molecule has 2 aliphatic rings. The molecule has 0 saturated heterocycles. The second-order valence-corrected chi connectivity index (χ2v) is 10.7. The predicted molar refractivity (Wildman–Crippen MR) is 168 cm³/mol. The van der Waals surface area contributed by atoms with Crippen LogP contribution in [0.5, 0.6) is 0 Å². The molecule has 0 atom stereocenters. The lowest BCUT2D eigenvalue weighted by atomic mass is 9.98. The third-order valence-electron chi connectivity index (χ3n) is 8.09. The summed E-state index contributed by atoms with van der Waals surface area (Å²) in [6, 6.07) is 33.0. The van der Waals surface area contributed by atoms with E-state index < -0.39 is 12.2 Å². The number of rotatable bonds is 13. The molecule has 44 heavy (non-hydrogen) atoms. The molecule has 226 valence electrons. The summed E-state index contributed by atoms with van der Waals surface area (Å²) in [7, 11) is 0. The first-order valence-corrected chi connectivity index (χ1v) is 15.0. The molecule has 0 bridgehead atoms.